The normalized spacial score (nSPS) is 14.4. The summed E-state index contributed by atoms with van der Waals surface area (Å²) in [6, 6.07) is 11.2. The molecular formula is C21H22ClN3O4. The van der Waals surface area contributed by atoms with Crippen LogP contribution in [-0.2, 0) is 11.3 Å². The van der Waals surface area contributed by atoms with Crippen LogP contribution in [0.25, 0.3) is 11.1 Å². The molecule has 0 N–H and O–H groups in total. The number of carbonyl (C=O) groups is 1. The molecule has 0 bridgehead atoms. The molecule has 0 spiro atoms. The molecule has 0 atom stereocenters. The minimum Gasteiger partial charge on any atom is -0.495 e. The highest BCUT2D eigenvalue weighted by molar-refractivity contribution is 6.32. The number of fused-ring (bicyclic) bond motifs is 1. The number of halogens is 1. The summed E-state index contributed by atoms with van der Waals surface area (Å²) in [5, 5.41) is 0.568. The molecule has 1 aliphatic rings. The summed E-state index contributed by atoms with van der Waals surface area (Å²) in [5.41, 5.74) is 3.15. The van der Waals surface area contributed by atoms with E-state index in [0.29, 0.717) is 48.1 Å². The maximum atomic E-state index is 12.8. The fraction of sp³-hybridized carbons (Fsp3) is 0.333. The SMILES string of the molecule is COc1cc(N2CCN(C(=O)Cn3c(=O)oc4cc(C)ccc43)CC2)ccc1Cl. The Morgan fingerprint density at radius 1 is 1.14 bits per heavy atom. The zero-order chi connectivity index (χ0) is 20.5. The second kappa shape index (κ2) is 7.83. The van der Waals surface area contributed by atoms with E-state index in [-0.39, 0.29) is 12.5 Å². The van der Waals surface area contributed by atoms with E-state index in [9.17, 15) is 9.59 Å². The third-order valence-electron chi connectivity index (χ3n) is 5.25. The number of benzene rings is 2. The molecule has 7 nitrogen and oxygen atoms in total. The smallest absolute Gasteiger partial charge is 0.420 e. The van der Waals surface area contributed by atoms with Gasteiger partial charge in [-0.15, -0.1) is 0 Å². The van der Waals surface area contributed by atoms with Crippen LogP contribution in [0.2, 0.25) is 5.02 Å². The van der Waals surface area contributed by atoms with Gasteiger partial charge in [0.05, 0.1) is 17.6 Å². The highest BCUT2D eigenvalue weighted by Gasteiger charge is 2.23. The summed E-state index contributed by atoms with van der Waals surface area (Å²) in [5.74, 6) is 0.0266. The lowest BCUT2D eigenvalue weighted by molar-refractivity contribution is -0.132. The molecule has 0 aliphatic carbocycles. The van der Waals surface area contributed by atoms with Crippen molar-refractivity contribution in [2.45, 2.75) is 13.5 Å². The molecule has 1 aliphatic heterocycles. The molecule has 3 aromatic rings. The average molecular weight is 416 g/mol. The van der Waals surface area contributed by atoms with Gasteiger partial charge in [0.15, 0.2) is 5.58 Å². The van der Waals surface area contributed by atoms with Crippen LogP contribution in [0.5, 0.6) is 5.75 Å². The van der Waals surface area contributed by atoms with Gasteiger partial charge in [-0.25, -0.2) is 4.79 Å². The first kappa shape index (κ1) is 19.4. The van der Waals surface area contributed by atoms with Crippen LogP contribution in [0.15, 0.2) is 45.6 Å². The molecule has 4 rings (SSSR count). The molecule has 2 aromatic carbocycles. The fourth-order valence-electron chi connectivity index (χ4n) is 3.62. The molecule has 0 saturated carbocycles. The highest BCUT2D eigenvalue weighted by atomic mass is 35.5. The zero-order valence-corrected chi connectivity index (χ0v) is 17.1. The number of ether oxygens (including phenoxy) is 1. The third-order valence-corrected chi connectivity index (χ3v) is 5.56. The first-order valence-electron chi connectivity index (χ1n) is 9.42. The van der Waals surface area contributed by atoms with Gasteiger partial charge in [-0.3, -0.25) is 9.36 Å². The van der Waals surface area contributed by atoms with Gasteiger partial charge in [0.2, 0.25) is 5.91 Å². The van der Waals surface area contributed by atoms with E-state index in [1.54, 1.807) is 18.1 Å². The van der Waals surface area contributed by atoms with Crippen LogP contribution in [0.1, 0.15) is 5.56 Å². The Labute approximate surface area is 173 Å². The standard InChI is InChI=1S/C21H22ClN3O4/c1-14-3-6-17-19(11-14)29-21(27)25(17)13-20(26)24-9-7-23(8-10-24)15-4-5-16(22)18(12-15)28-2/h3-6,11-12H,7-10,13H2,1-2H3. The minimum absolute atomic E-state index is 0.0241. The Kier molecular flexibility index (Phi) is 5.24. The number of methoxy groups -OCH3 is 1. The van der Waals surface area contributed by atoms with Crippen molar-refractivity contribution in [1.29, 1.82) is 0 Å². The highest BCUT2D eigenvalue weighted by Crippen LogP contribution is 2.29. The molecule has 29 heavy (non-hydrogen) atoms. The van der Waals surface area contributed by atoms with E-state index in [2.05, 4.69) is 4.90 Å². The maximum absolute atomic E-state index is 12.8. The van der Waals surface area contributed by atoms with Gasteiger partial charge in [0.1, 0.15) is 12.3 Å². The maximum Gasteiger partial charge on any atom is 0.420 e. The Morgan fingerprint density at radius 3 is 2.62 bits per heavy atom. The Hall–Kier alpha value is -2.93. The topological polar surface area (TPSA) is 67.9 Å². The Balaban J connectivity index is 1.43. The van der Waals surface area contributed by atoms with Crippen LogP contribution in [-0.4, -0.2) is 48.7 Å². The second-order valence-electron chi connectivity index (χ2n) is 7.11. The Bertz CT molecular complexity index is 1110. The van der Waals surface area contributed by atoms with E-state index >= 15 is 0 Å². The zero-order valence-electron chi connectivity index (χ0n) is 16.4. The van der Waals surface area contributed by atoms with Crippen molar-refractivity contribution >= 4 is 34.3 Å². The van der Waals surface area contributed by atoms with Crippen LogP contribution < -0.4 is 15.4 Å². The molecule has 1 fully saturated rings. The van der Waals surface area contributed by atoms with E-state index < -0.39 is 5.76 Å². The summed E-state index contributed by atoms with van der Waals surface area (Å²) in [6.07, 6.45) is 0. The van der Waals surface area contributed by atoms with Crippen LogP contribution >= 0.6 is 11.6 Å². The van der Waals surface area contributed by atoms with Crippen LogP contribution in [0, 0.1) is 6.92 Å². The van der Waals surface area contributed by atoms with Gasteiger partial charge < -0.3 is 19.0 Å². The predicted octanol–water partition coefficient (Wildman–Crippen LogP) is 2.91. The lowest BCUT2D eigenvalue weighted by atomic mass is 10.2. The van der Waals surface area contributed by atoms with E-state index in [1.807, 2.05) is 37.3 Å². The monoisotopic (exact) mass is 415 g/mol. The minimum atomic E-state index is -0.508. The van der Waals surface area contributed by atoms with Crippen molar-refractivity contribution in [3.63, 3.8) is 0 Å². The number of amides is 1. The molecule has 1 amide bonds. The fourth-order valence-corrected chi connectivity index (χ4v) is 3.81. The van der Waals surface area contributed by atoms with Crippen LogP contribution in [0.3, 0.4) is 0 Å². The van der Waals surface area contributed by atoms with Crippen molar-refractivity contribution in [3.8, 4) is 5.75 Å². The quantitative estimate of drug-likeness (QED) is 0.655. The Morgan fingerprint density at radius 2 is 1.90 bits per heavy atom. The van der Waals surface area contributed by atoms with Crippen molar-refractivity contribution in [3.05, 3.63) is 57.5 Å². The first-order valence-corrected chi connectivity index (χ1v) is 9.80. The number of hydrogen-bond donors (Lipinski definition) is 0. The number of aryl methyl sites for hydroxylation is 1. The number of oxazole rings is 1. The lowest BCUT2D eigenvalue weighted by Gasteiger charge is -2.36. The van der Waals surface area contributed by atoms with Crippen molar-refractivity contribution in [2.24, 2.45) is 0 Å². The van der Waals surface area contributed by atoms with E-state index in [0.717, 1.165) is 11.3 Å². The van der Waals surface area contributed by atoms with E-state index in [4.69, 9.17) is 20.8 Å². The van der Waals surface area contributed by atoms with Gasteiger partial charge in [-0.1, -0.05) is 17.7 Å². The number of anilines is 1. The number of hydrogen-bond acceptors (Lipinski definition) is 5. The first-order chi connectivity index (χ1) is 14.0. The van der Waals surface area contributed by atoms with Gasteiger partial charge >= 0.3 is 5.76 Å². The summed E-state index contributed by atoms with van der Waals surface area (Å²) in [6.45, 7) is 4.44. The summed E-state index contributed by atoms with van der Waals surface area (Å²) in [4.78, 5) is 28.9. The number of piperazine rings is 1. The molecule has 8 heteroatoms. The number of aromatic nitrogens is 1. The lowest BCUT2D eigenvalue weighted by Crippen LogP contribution is -2.50. The number of nitrogens with zero attached hydrogens (tertiary/aromatic N) is 3. The number of rotatable bonds is 4. The van der Waals surface area contributed by atoms with Crippen molar-refractivity contribution < 1.29 is 13.9 Å². The molecule has 0 unspecified atom stereocenters. The van der Waals surface area contributed by atoms with Gasteiger partial charge in [0, 0.05) is 37.9 Å². The summed E-state index contributed by atoms with van der Waals surface area (Å²) in [7, 11) is 1.59. The van der Waals surface area contributed by atoms with Gasteiger partial charge in [-0.05, 0) is 36.8 Å². The van der Waals surface area contributed by atoms with Crippen LogP contribution in [0.4, 0.5) is 5.69 Å². The van der Waals surface area contributed by atoms with Crippen molar-refractivity contribution in [1.82, 2.24) is 9.47 Å². The van der Waals surface area contributed by atoms with Crippen molar-refractivity contribution in [2.75, 3.05) is 38.2 Å². The molecular weight excluding hydrogens is 394 g/mol. The molecule has 1 aromatic heterocycles. The second-order valence-corrected chi connectivity index (χ2v) is 7.52. The third kappa shape index (κ3) is 3.82. The predicted molar refractivity (Wildman–Crippen MR) is 112 cm³/mol. The number of carbonyl (C=O) groups excluding carboxylic acids is 1. The largest absolute Gasteiger partial charge is 0.495 e. The van der Waals surface area contributed by atoms with Gasteiger partial charge in [-0.2, -0.15) is 0 Å². The molecule has 152 valence electrons. The summed E-state index contributed by atoms with van der Waals surface area (Å²) >= 11 is 6.10. The molecule has 2 heterocycles. The van der Waals surface area contributed by atoms with E-state index in [1.165, 1.54) is 4.57 Å². The van der Waals surface area contributed by atoms with Gasteiger partial charge in [0.25, 0.3) is 0 Å². The average Bonchev–Trinajstić information content (AvgIpc) is 3.02. The molecule has 1 saturated heterocycles. The summed E-state index contributed by atoms with van der Waals surface area (Å²) < 4.78 is 12.0. The molecule has 0 radical (unpaired) electrons.